The van der Waals surface area contributed by atoms with Gasteiger partial charge in [-0.15, -0.1) is 0 Å². The minimum Gasteiger partial charge on any atom is -0.384 e. The second kappa shape index (κ2) is 4.80. The number of aromatic nitrogens is 2. The van der Waals surface area contributed by atoms with Gasteiger partial charge in [0.2, 0.25) is 0 Å². The third kappa shape index (κ3) is 2.62. The van der Waals surface area contributed by atoms with Gasteiger partial charge in [0.25, 0.3) is 0 Å². The van der Waals surface area contributed by atoms with E-state index in [-0.39, 0.29) is 5.54 Å². The third-order valence-corrected chi connectivity index (χ3v) is 3.98. The molecule has 0 unspecified atom stereocenters. The van der Waals surface area contributed by atoms with Crippen LogP contribution in [-0.2, 0) is 15.0 Å². The van der Waals surface area contributed by atoms with Crippen LogP contribution in [0.4, 0.5) is 5.82 Å². The Morgan fingerprint density at radius 2 is 2.00 bits per heavy atom. The van der Waals surface area contributed by atoms with Crippen LogP contribution in [0.3, 0.4) is 0 Å². The van der Waals surface area contributed by atoms with Crippen LogP contribution in [0.2, 0.25) is 0 Å². The summed E-state index contributed by atoms with van der Waals surface area (Å²) in [5.41, 5.74) is 7.01. The molecule has 1 aliphatic rings. The number of nitrogen functional groups attached to an aromatic ring is 1. The van der Waals surface area contributed by atoms with Crippen molar-refractivity contribution in [2.45, 2.75) is 57.3 Å². The summed E-state index contributed by atoms with van der Waals surface area (Å²) in [7, 11) is 3.40. The predicted octanol–water partition coefficient (Wildman–Crippen LogP) is 2.48. The molecule has 0 spiro atoms. The highest BCUT2D eigenvalue weighted by Gasteiger charge is 2.41. The monoisotopic (exact) mass is 267 g/mol. The third-order valence-electron chi connectivity index (χ3n) is 3.98. The van der Waals surface area contributed by atoms with E-state index in [4.69, 9.17) is 15.2 Å². The van der Waals surface area contributed by atoms with Crippen LogP contribution in [0.15, 0.2) is 6.07 Å². The number of nitrogens with zero attached hydrogens (tertiary/aromatic N) is 2. The van der Waals surface area contributed by atoms with Crippen molar-refractivity contribution >= 4 is 5.82 Å². The Kier molecular flexibility index (Phi) is 3.62. The van der Waals surface area contributed by atoms with Gasteiger partial charge in [-0.3, -0.25) is 0 Å². The van der Waals surface area contributed by atoms with Gasteiger partial charge in [0.1, 0.15) is 5.82 Å². The van der Waals surface area contributed by atoms with Crippen molar-refractivity contribution in [1.82, 2.24) is 9.78 Å². The van der Waals surface area contributed by atoms with Gasteiger partial charge in [0, 0.05) is 39.0 Å². The van der Waals surface area contributed by atoms with Crippen LogP contribution in [0.5, 0.6) is 0 Å². The molecular weight excluding hydrogens is 242 g/mol. The summed E-state index contributed by atoms with van der Waals surface area (Å²) in [6.45, 7) is 6.30. The number of hydrogen-bond acceptors (Lipinski definition) is 4. The number of anilines is 1. The molecule has 5 heteroatoms. The molecule has 0 amide bonds. The van der Waals surface area contributed by atoms with Crippen LogP contribution >= 0.6 is 0 Å². The molecule has 0 aliphatic heterocycles. The lowest BCUT2D eigenvalue weighted by molar-refractivity contribution is -0.201. The maximum absolute atomic E-state index is 6.07. The van der Waals surface area contributed by atoms with Gasteiger partial charge in [0.15, 0.2) is 5.79 Å². The van der Waals surface area contributed by atoms with Crippen LogP contribution in [0.1, 0.15) is 51.6 Å². The minimum absolute atomic E-state index is 0.0967. The molecule has 0 saturated heterocycles. The molecule has 0 bridgehead atoms. The number of rotatable bonds is 3. The Bertz CT molecular complexity index is 444. The number of nitrogens with two attached hydrogens (primary N) is 1. The molecule has 2 rings (SSSR count). The highest BCUT2D eigenvalue weighted by molar-refractivity contribution is 5.34. The van der Waals surface area contributed by atoms with E-state index < -0.39 is 5.79 Å². The van der Waals surface area contributed by atoms with Crippen molar-refractivity contribution in [3.05, 3.63) is 11.8 Å². The van der Waals surface area contributed by atoms with Crippen molar-refractivity contribution in [2.75, 3.05) is 20.0 Å². The number of ether oxygens (including phenoxy) is 2. The first-order valence-electron chi connectivity index (χ1n) is 6.77. The smallest absolute Gasteiger partial charge is 0.168 e. The molecule has 0 radical (unpaired) electrons. The normalized spacial score (nSPS) is 22.9. The molecule has 0 aromatic carbocycles. The molecule has 1 aromatic heterocycles. The van der Waals surface area contributed by atoms with Crippen LogP contribution in [0, 0.1) is 0 Å². The molecule has 1 atom stereocenters. The first-order chi connectivity index (χ1) is 8.81. The maximum atomic E-state index is 6.07. The molecule has 1 heterocycles. The average Bonchev–Trinajstić information content (AvgIpc) is 2.92. The van der Waals surface area contributed by atoms with Crippen LogP contribution < -0.4 is 5.73 Å². The fraction of sp³-hybridized carbons (Fsp3) is 0.786. The van der Waals surface area contributed by atoms with Gasteiger partial charge in [0.05, 0.1) is 11.2 Å². The van der Waals surface area contributed by atoms with E-state index in [0.717, 1.165) is 30.8 Å². The van der Waals surface area contributed by atoms with Gasteiger partial charge in [-0.2, -0.15) is 5.10 Å². The van der Waals surface area contributed by atoms with Gasteiger partial charge in [-0.05, 0) is 27.2 Å². The van der Waals surface area contributed by atoms with E-state index in [0.29, 0.717) is 5.92 Å². The molecule has 1 aliphatic carbocycles. The van der Waals surface area contributed by atoms with Gasteiger partial charge >= 0.3 is 0 Å². The Balaban J connectivity index is 2.21. The molecule has 1 aromatic rings. The lowest BCUT2D eigenvalue weighted by atomic mass is 10.0. The van der Waals surface area contributed by atoms with Crippen molar-refractivity contribution in [1.29, 1.82) is 0 Å². The lowest BCUT2D eigenvalue weighted by Gasteiger charge is -2.25. The molecule has 108 valence electrons. The first-order valence-corrected chi connectivity index (χ1v) is 6.77. The summed E-state index contributed by atoms with van der Waals surface area (Å²) in [5.74, 6) is 0.617. The van der Waals surface area contributed by atoms with Gasteiger partial charge in [-0.25, -0.2) is 4.68 Å². The molecule has 2 N–H and O–H groups in total. The summed E-state index contributed by atoms with van der Waals surface area (Å²) >= 11 is 0. The van der Waals surface area contributed by atoms with Crippen molar-refractivity contribution in [3.8, 4) is 0 Å². The fourth-order valence-electron chi connectivity index (χ4n) is 2.83. The Morgan fingerprint density at radius 3 is 2.42 bits per heavy atom. The molecule has 1 fully saturated rings. The Morgan fingerprint density at radius 1 is 1.37 bits per heavy atom. The van der Waals surface area contributed by atoms with E-state index in [1.54, 1.807) is 14.2 Å². The average molecular weight is 267 g/mol. The highest BCUT2D eigenvalue weighted by atomic mass is 16.7. The molecular formula is C14H25N3O2. The highest BCUT2D eigenvalue weighted by Crippen LogP contribution is 2.43. The summed E-state index contributed by atoms with van der Waals surface area (Å²) in [6, 6.07) is 1.98. The van der Waals surface area contributed by atoms with Crippen LogP contribution in [0.25, 0.3) is 0 Å². The zero-order chi connectivity index (χ0) is 14.3. The second-order valence-electron chi connectivity index (χ2n) is 6.34. The van der Waals surface area contributed by atoms with E-state index in [9.17, 15) is 0 Å². The Labute approximate surface area is 115 Å². The van der Waals surface area contributed by atoms with E-state index in [1.165, 1.54) is 0 Å². The predicted molar refractivity (Wildman–Crippen MR) is 75.0 cm³/mol. The maximum Gasteiger partial charge on any atom is 0.168 e. The number of hydrogen-bond donors (Lipinski definition) is 1. The molecule has 1 saturated carbocycles. The summed E-state index contributed by atoms with van der Waals surface area (Å²) < 4.78 is 12.9. The fourth-order valence-corrected chi connectivity index (χ4v) is 2.83. The molecule has 5 nitrogen and oxygen atoms in total. The van der Waals surface area contributed by atoms with Gasteiger partial charge < -0.3 is 15.2 Å². The zero-order valence-corrected chi connectivity index (χ0v) is 12.6. The van der Waals surface area contributed by atoms with Crippen LogP contribution in [-0.4, -0.2) is 29.8 Å². The zero-order valence-electron chi connectivity index (χ0n) is 12.6. The van der Waals surface area contributed by atoms with Gasteiger partial charge in [-0.1, -0.05) is 0 Å². The van der Waals surface area contributed by atoms with Crippen molar-refractivity contribution in [2.24, 2.45) is 0 Å². The lowest BCUT2D eigenvalue weighted by Crippen LogP contribution is -2.30. The van der Waals surface area contributed by atoms with E-state index in [1.807, 2.05) is 10.7 Å². The largest absolute Gasteiger partial charge is 0.384 e. The summed E-state index contributed by atoms with van der Waals surface area (Å²) in [5, 5.41) is 4.68. The quantitative estimate of drug-likeness (QED) is 0.855. The van der Waals surface area contributed by atoms with E-state index in [2.05, 4.69) is 25.9 Å². The topological polar surface area (TPSA) is 62.3 Å². The minimum atomic E-state index is -0.453. The summed E-state index contributed by atoms with van der Waals surface area (Å²) in [6.07, 6.45) is 2.75. The second-order valence-corrected chi connectivity index (χ2v) is 6.34. The SMILES string of the molecule is COC1(OC)CC[C@@H](c2cc(N)n(C(C)(C)C)n2)C1. The van der Waals surface area contributed by atoms with E-state index >= 15 is 0 Å². The molecule has 19 heavy (non-hydrogen) atoms. The van der Waals surface area contributed by atoms with Crippen molar-refractivity contribution in [3.63, 3.8) is 0 Å². The van der Waals surface area contributed by atoms with Crippen molar-refractivity contribution < 1.29 is 9.47 Å². The Hall–Kier alpha value is -1.07. The summed E-state index contributed by atoms with van der Waals surface area (Å²) in [4.78, 5) is 0. The number of methoxy groups -OCH3 is 2. The standard InChI is InChI=1S/C14H25N3O2/c1-13(2,3)17-12(15)8-11(16-17)10-6-7-14(9-10,18-4)19-5/h8,10H,6-7,9,15H2,1-5H3/t10-/m1/s1. The first kappa shape index (κ1) is 14.3.